The number of hydrogen-bond donors (Lipinski definition) is 1. The van der Waals surface area contributed by atoms with Crippen molar-refractivity contribution in [3.8, 4) is 0 Å². The molecule has 1 atom stereocenters. The number of carbonyl (C=O) groups excluding carboxylic acids is 2. The van der Waals surface area contributed by atoms with Crippen molar-refractivity contribution in [2.45, 2.75) is 38.3 Å². The molecule has 2 aromatic rings. The van der Waals surface area contributed by atoms with Crippen molar-refractivity contribution in [2.24, 2.45) is 0 Å². The van der Waals surface area contributed by atoms with E-state index in [9.17, 15) is 18.0 Å². The van der Waals surface area contributed by atoms with E-state index in [1.807, 2.05) is 6.92 Å². The third kappa shape index (κ3) is 6.45. The highest BCUT2D eigenvalue weighted by Gasteiger charge is 2.30. The van der Waals surface area contributed by atoms with Crippen molar-refractivity contribution < 1.29 is 18.0 Å². The summed E-state index contributed by atoms with van der Waals surface area (Å²) in [5, 5.41) is 3.47. The monoisotopic (exact) mass is 499 g/mol. The number of aryl methyl sites for hydroxylation is 1. The molecule has 1 unspecified atom stereocenters. The molecule has 10 heteroatoms. The van der Waals surface area contributed by atoms with Gasteiger partial charge in [-0.05, 0) is 50.6 Å². The molecule has 0 aliphatic rings. The van der Waals surface area contributed by atoms with Crippen LogP contribution >= 0.6 is 23.2 Å². The summed E-state index contributed by atoms with van der Waals surface area (Å²) in [5.74, 6) is -0.886. The van der Waals surface area contributed by atoms with Gasteiger partial charge < -0.3 is 10.2 Å². The zero-order valence-electron chi connectivity index (χ0n) is 18.4. The Morgan fingerprint density at radius 3 is 2.28 bits per heavy atom. The number of benzene rings is 2. The molecule has 0 bridgehead atoms. The van der Waals surface area contributed by atoms with Crippen LogP contribution in [0, 0.1) is 6.92 Å². The van der Waals surface area contributed by atoms with Gasteiger partial charge in [-0.25, -0.2) is 8.42 Å². The number of nitrogens with zero attached hydrogens (tertiary/aromatic N) is 2. The van der Waals surface area contributed by atoms with E-state index in [4.69, 9.17) is 23.2 Å². The summed E-state index contributed by atoms with van der Waals surface area (Å²) in [7, 11) is -2.55. The number of likely N-dealkylation sites (N-methyl/N-ethyl adjacent to an activating group) is 2. The van der Waals surface area contributed by atoms with Crippen LogP contribution in [-0.4, -0.2) is 55.6 Å². The Labute approximate surface area is 199 Å². The lowest BCUT2D eigenvalue weighted by Crippen LogP contribution is -2.50. The van der Waals surface area contributed by atoms with E-state index in [-0.39, 0.29) is 17.3 Å². The lowest BCUT2D eigenvalue weighted by atomic mass is 10.1. The van der Waals surface area contributed by atoms with Crippen LogP contribution in [0.3, 0.4) is 0 Å². The number of hydrogen-bond acceptors (Lipinski definition) is 4. The number of carbonyl (C=O) groups is 2. The fourth-order valence-electron chi connectivity index (χ4n) is 2.99. The minimum Gasteiger partial charge on any atom is -0.355 e. The van der Waals surface area contributed by atoms with Crippen molar-refractivity contribution in [1.82, 2.24) is 14.5 Å². The van der Waals surface area contributed by atoms with Gasteiger partial charge in [0, 0.05) is 30.2 Å². The van der Waals surface area contributed by atoms with Crippen LogP contribution in [0.5, 0.6) is 0 Å². The van der Waals surface area contributed by atoms with Crippen molar-refractivity contribution in [2.75, 3.05) is 20.1 Å². The van der Waals surface area contributed by atoms with Gasteiger partial charge in [0.05, 0.1) is 11.4 Å². The average Bonchev–Trinajstić information content (AvgIpc) is 2.73. The fourth-order valence-corrected chi connectivity index (χ4v) is 4.58. The van der Waals surface area contributed by atoms with Crippen molar-refractivity contribution in [3.05, 3.63) is 63.6 Å². The third-order valence-corrected chi connectivity index (χ3v) is 7.37. The Morgan fingerprint density at radius 1 is 1.09 bits per heavy atom. The van der Waals surface area contributed by atoms with E-state index in [1.54, 1.807) is 44.2 Å². The van der Waals surface area contributed by atoms with E-state index >= 15 is 0 Å². The highest BCUT2D eigenvalue weighted by molar-refractivity contribution is 7.89. The van der Waals surface area contributed by atoms with Crippen LogP contribution in [0.4, 0.5) is 0 Å². The predicted octanol–water partition coefficient (Wildman–Crippen LogP) is 3.48. The minimum atomic E-state index is -3.89. The molecule has 32 heavy (non-hydrogen) atoms. The Kier molecular flexibility index (Phi) is 9.09. The molecule has 2 aromatic carbocycles. The smallest absolute Gasteiger partial charge is 0.243 e. The van der Waals surface area contributed by atoms with Crippen molar-refractivity contribution in [1.29, 1.82) is 0 Å². The topological polar surface area (TPSA) is 86.8 Å². The summed E-state index contributed by atoms with van der Waals surface area (Å²) in [6.45, 7) is 5.19. The van der Waals surface area contributed by atoms with Gasteiger partial charge in [-0.15, -0.1) is 0 Å². The first-order chi connectivity index (χ1) is 15.0. The van der Waals surface area contributed by atoms with Crippen molar-refractivity contribution >= 4 is 45.0 Å². The highest BCUT2D eigenvalue weighted by atomic mass is 35.5. The van der Waals surface area contributed by atoms with Gasteiger partial charge >= 0.3 is 0 Å². The minimum absolute atomic E-state index is 0.0194. The first kappa shape index (κ1) is 26.1. The summed E-state index contributed by atoms with van der Waals surface area (Å²) >= 11 is 12.2. The maximum Gasteiger partial charge on any atom is 0.243 e. The zero-order chi connectivity index (χ0) is 24.1. The van der Waals surface area contributed by atoms with E-state index in [0.717, 1.165) is 9.87 Å². The number of halogens is 2. The molecule has 7 nitrogen and oxygen atoms in total. The second kappa shape index (κ2) is 11.1. The summed E-state index contributed by atoms with van der Waals surface area (Å²) in [6, 6.07) is 10.4. The van der Waals surface area contributed by atoms with Crippen LogP contribution < -0.4 is 5.32 Å². The maximum atomic E-state index is 13.2. The van der Waals surface area contributed by atoms with Gasteiger partial charge in [-0.2, -0.15) is 4.31 Å². The molecule has 0 aliphatic heterocycles. The molecular formula is C22H27Cl2N3O4S. The quantitative estimate of drug-likeness (QED) is 0.571. The van der Waals surface area contributed by atoms with Gasteiger partial charge in [-0.3, -0.25) is 9.59 Å². The molecule has 0 aliphatic carbocycles. The normalized spacial score (nSPS) is 12.5. The summed E-state index contributed by atoms with van der Waals surface area (Å²) in [4.78, 5) is 27.0. The molecule has 2 rings (SSSR count). The van der Waals surface area contributed by atoms with Gasteiger partial charge in [0.25, 0.3) is 0 Å². The molecule has 174 valence electrons. The van der Waals surface area contributed by atoms with Crippen LogP contribution in [0.25, 0.3) is 0 Å². The number of rotatable bonds is 9. The average molecular weight is 500 g/mol. The zero-order valence-corrected chi connectivity index (χ0v) is 20.8. The molecule has 0 saturated carbocycles. The van der Waals surface area contributed by atoms with Crippen molar-refractivity contribution in [3.63, 3.8) is 0 Å². The highest BCUT2D eigenvalue weighted by Crippen LogP contribution is 2.23. The van der Waals surface area contributed by atoms with Gasteiger partial charge in [0.2, 0.25) is 21.8 Å². The molecule has 0 heterocycles. The lowest BCUT2D eigenvalue weighted by molar-refractivity contribution is -0.140. The molecule has 2 amide bonds. The van der Waals surface area contributed by atoms with E-state index < -0.39 is 28.5 Å². The standard InChI is InChI=1S/C22H27Cl2N3O4S/c1-5-25-22(29)16(3)27(13-17-8-9-18(23)12-20(17)24)21(28)14-26(4)32(30,31)19-10-6-15(2)7-11-19/h6-12,16H,5,13-14H2,1-4H3,(H,25,29). The predicted molar refractivity (Wildman–Crippen MR) is 126 cm³/mol. The van der Waals surface area contributed by atoms with Crippen LogP contribution in [0.1, 0.15) is 25.0 Å². The first-order valence-corrected chi connectivity index (χ1v) is 12.2. The number of sulfonamides is 1. The summed E-state index contributed by atoms with van der Waals surface area (Å²) < 4.78 is 26.8. The lowest BCUT2D eigenvalue weighted by Gasteiger charge is -2.30. The van der Waals surface area contributed by atoms with Crippen LogP contribution in [-0.2, 0) is 26.2 Å². The molecule has 1 N–H and O–H groups in total. The molecular weight excluding hydrogens is 473 g/mol. The molecule has 0 fully saturated rings. The molecule has 0 saturated heterocycles. The van der Waals surface area contributed by atoms with E-state index in [0.29, 0.717) is 22.2 Å². The molecule has 0 spiro atoms. The van der Waals surface area contributed by atoms with Gasteiger partial charge in [-0.1, -0.05) is 47.0 Å². The summed E-state index contributed by atoms with van der Waals surface area (Å²) in [5.41, 5.74) is 1.51. The maximum absolute atomic E-state index is 13.2. The second-order valence-corrected chi connectivity index (χ2v) is 10.3. The first-order valence-electron chi connectivity index (χ1n) is 10.0. The van der Waals surface area contributed by atoms with Crippen LogP contribution in [0.15, 0.2) is 47.4 Å². The largest absolute Gasteiger partial charge is 0.355 e. The molecule has 0 aromatic heterocycles. The number of amides is 2. The van der Waals surface area contributed by atoms with Gasteiger partial charge in [0.15, 0.2) is 0 Å². The SMILES string of the molecule is CCNC(=O)C(C)N(Cc1ccc(Cl)cc1Cl)C(=O)CN(C)S(=O)(=O)c1ccc(C)cc1. The number of nitrogens with one attached hydrogen (secondary N) is 1. The Bertz CT molecular complexity index is 1080. The third-order valence-electron chi connectivity index (χ3n) is 4.96. The Balaban J connectivity index is 2.30. The molecule has 0 radical (unpaired) electrons. The van der Waals surface area contributed by atoms with Gasteiger partial charge in [0.1, 0.15) is 6.04 Å². The second-order valence-electron chi connectivity index (χ2n) is 7.40. The van der Waals surface area contributed by atoms with E-state index in [2.05, 4.69) is 5.32 Å². The van der Waals surface area contributed by atoms with E-state index in [1.165, 1.54) is 24.1 Å². The summed E-state index contributed by atoms with van der Waals surface area (Å²) in [6.07, 6.45) is 0. The Hall–Kier alpha value is -2.13. The Morgan fingerprint density at radius 2 is 1.72 bits per heavy atom. The van der Waals surface area contributed by atoms with Crippen LogP contribution in [0.2, 0.25) is 10.0 Å². The fraction of sp³-hybridized carbons (Fsp3) is 0.364.